The van der Waals surface area contributed by atoms with Gasteiger partial charge in [-0.25, -0.2) is 4.39 Å². The molecule has 0 aliphatic heterocycles. The quantitative estimate of drug-likeness (QED) is 0.877. The fourth-order valence-corrected chi connectivity index (χ4v) is 3.13. The second-order valence-corrected chi connectivity index (χ2v) is 6.07. The van der Waals surface area contributed by atoms with Crippen LogP contribution in [0.4, 0.5) is 4.39 Å². The number of hydrogen-bond acceptors (Lipinski definition) is 2. The number of carbonyl (C=O) groups is 1. The third-order valence-electron chi connectivity index (χ3n) is 2.87. The highest BCUT2D eigenvalue weighted by atomic mass is 79.9. The van der Waals surface area contributed by atoms with Crippen LogP contribution in [0, 0.1) is 12.7 Å². The number of rotatable bonds is 3. The van der Waals surface area contributed by atoms with E-state index >= 15 is 0 Å². The molecule has 1 aromatic carbocycles. The van der Waals surface area contributed by atoms with Gasteiger partial charge in [0.15, 0.2) is 0 Å². The molecule has 2 aromatic rings. The highest BCUT2D eigenvalue weighted by molar-refractivity contribution is 9.10. The van der Waals surface area contributed by atoms with E-state index in [0.717, 1.165) is 10.0 Å². The molecule has 100 valence electrons. The summed E-state index contributed by atoms with van der Waals surface area (Å²) in [4.78, 5) is 12.7. The predicted molar refractivity (Wildman–Crippen MR) is 79.0 cm³/mol. The van der Waals surface area contributed by atoms with E-state index in [4.69, 9.17) is 0 Å². The Morgan fingerprint density at radius 2 is 2.16 bits per heavy atom. The maximum absolute atomic E-state index is 13.5. The molecule has 0 aliphatic carbocycles. The zero-order chi connectivity index (χ0) is 14.0. The average Bonchev–Trinajstić information content (AvgIpc) is 2.79. The number of hydrogen-bond donors (Lipinski definition) is 1. The van der Waals surface area contributed by atoms with Crippen LogP contribution in [0.2, 0.25) is 0 Å². The Bertz CT molecular complexity index is 611. The predicted octanol–water partition coefficient (Wildman–Crippen LogP) is 4.45. The van der Waals surface area contributed by atoms with Crippen molar-refractivity contribution in [3.05, 3.63) is 55.9 Å². The molecule has 1 N–H and O–H groups in total. The lowest BCUT2D eigenvalue weighted by molar-refractivity contribution is 0.0943. The van der Waals surface area contributed by atoms with Gasteiger partial charge in [-0.3, -0.25) is 4.79 Å². The minimum absolute atomic E-state index is 0.157. The van der Waals surface area contributed by atoms with Crippen molar-refractivity contribution in [3.8, 4) is 0 Å². The molecule has 1 unspecified atom stereocenters. The van der Waals surface area contributed by atoms with E-state index in [1.807, 2.05) is 24.4 Å². The molecule has 0 fully saturated rings. The summed E-state index contributed by atoms with van der Waals surface area (Å²) in [6.07, 6.45) is 0. The lowest BCUT2D eigenvalue weighted by atomic mass is 10.1. The fourth-order valence-electron chi connectivity index (χ4n) is 1.68. The number of thiophene rings is 1. The Morgan fingerprint density at radius 1 is 1.42 bits per heavy atom. The van der Waals surface area contributed by atoms with E-state index in [1.54, 1.807) is 13.0 Å². The number of aryl methyl sites for hydroxylation is 1. The summed E-state index contributed by atoms with van der Waals surface area (Å²) in [7, 11) is 0. The maximum atomic E-state index is 13.5. The van der Waals surface area contributed by atoms with E-state index in [0.29, 0.717) is 10.4 Å². The van der Waals surface area contributed by atoms with Gasteiger partial charge in [-0.2, -0.15) is 0 Å². The van der Waals surface area contributed by atoms with E-state index in [9.17, 15) is 9.18 Å². The van der Waals surface area contributed by atoms with Crippen LogP contribution in [-0.4, -0.2) is 5.91 Å². The second kappa shape index (κ2) is 5.84. The molecule has 1 aromatic heterocycles. The molecule has 0 saturated heterocycles. The summed E-state index contributed by atoms with van der Waals surface area (Å²) >= 11 is 4.69. The van der Waals surface area contributed by atoms with Gasteiger partial charge in [-0.05, 0) is 58.4 Å². The lowest BCUT2D eigenvalue weighted by Gasteiger charge is -2.14. The van der Waals surface area contributed by atoms with E-state index in [2.05, 4.69) is 21.2 Å². The van der Waals surface area contributed by atoms with Gasteiger partial charge in [-0.15, -0.1) is 11.3 Å². The van der Waals surface area contributed by atoms with Crippen LogP contribution in [0.3, 0.4) is 0 Å². The van der Waals surface area contributed by atoms with Gasteiger partial charge in [-0.1, -0.05) is 12.1 Å². The van der Waals surface area contributed by atoms with E-state index < -0.39 is 0 Å². The van der Waals surface area contributed by atoms with E-state index in [1.165, 1.54) is 17.4 Å². The van der Waals surface area contributed by atoms with Gasteiger partial charge >= 0.3 is 0 Å². The molecular formula is C14H13BrFNOS. The SMILES string of the molecule is Cc1ccc(C(C)NC(=O)c2sccc2Br)cc1F. The fraction of sp³-hybridized carbons (Fsp3) is 0.214. The first kappa shape index (κ1) is 14.2. The molecule has 2 rings (SSSR count). The zero-order valence-corrected chi connectivity index (χ0v) is 12.9. The van der Waals surface area contributed by atoms with Crippen molar-refractivity contribution in [2.75, 3.05) is 0 Å². The van der Waals surface area contributed by atoms with Gasteiger partial charge in [0.05, 0.1) is 6.04 Å². The lowest BCUT2D eigenvalue weighted by Crippen LogP contribution is -2.26. The smallest absolute Gasteiger partial charge is 0.262 e. The summed E-state index contributed by atoms with van der Waals surface area (Å²) in [5, 5.41) is 4.70. The molecule has 0 radical (unpaired) electrons. The summed E-state index contributed by atoms with van der Waals surface area (Å²) in [6, 6.07) is 6.59. The normalized spacial score (nSPS) is 12.2. The van der Waals surface area contributed by atoms with Crippen molar-refractivity contribution in [2.24, 2.45) is 0 Å². The van der Waals surface area contributed by atoms with Crippen molar-refractivity contribution in [2.45, 2.75) is 19.9 Å². The van der Waals surface area contributed by atoms with Crippen molar-refractivity contribution in [3.63, 3.8) is 0 Å². The van der Waals surface area contributed by atoms with Gasteiger partial charge in [0.1, 0.15) is 10.7 Å². The van der Waals surface area contributed by atoms with Crippen LogP contribution in [0.15, 0.2) is 34.1 Å². The Morgan fingerprint density at radius 3 is 2.74 bits per heavy atom. The Labute approximate surface area is 123 Å². The molecule has 1 heterocycles. The summed E-state index contributed by atoms with van der Waals surface area (Å²) < 4.78 is 14.3. The highest BCUT2D eigenvalue weighted by Crippen LogP contribution is 2.24. The van der Waals surface area contributed by atoms with Crippen molar-refractivity contribution >= 4 is 33.2 Å². The molecule has 0 spiro atoms. The summed E-state index contributed by atoms with van der Waals surface area (Å²) in [5.41, 5.74) is 1.35. The molecule has 19 heavy (non-hydrogen) atoms. The van der Waals surface area contributed by atoms with Crippen LogP contribution in [0.5, 0.6) is 0 Å². The zero-order valence-electron chi connectivity index (χ0n) is 10.5. The van der Waals surface area contributed by atoms with Crippen LogP contribution >= 0.6 is 27.3 Å². The summed E-state index contributed by atoms with van der Waals surface area (Å²) in [5.74, 6) is -0.411. The summed E-state index contributed by atoms with van der Waals surface area (Å²) in [6.45, 7) is 3.55. The number of carbonyl (C=O) groups excluding carboxylic acids is 1. The van der Waals surface area contributed by atoms with Crippen molar-refractivity contribution < 1.29 is 9.18 Å². The van der Waals surface area contributed by atoms with Crippen LogP contribution in [0.25, 0.3) is 0 Å². The molecule has 0 bridgehead atoms. The van der Waals surface area contributed by atoms with Gasteiger partial charge in [0, 0.05) is 4.47 Å². The largest absolute Gasteiger partial charge is 0.345 e. The molecule has 0 aliphatic rings. The Hall–Kier alpha value is -1.20. The number of halogens is 2. The third kappa shape index (κ3) is 3.22. The molecule has 2 nitrogen and oxygen atoms in total. The highest BCUT2D eigenvalue weighted by Gasteiger charge is 2.15. The molecule has 0 saturated carbocycles. The number of amides is 1. The van der Waals surface area contributed by atoms with Gasteiger partial charge < -0.3 is 5.32 Å². The molecular weight excluding hydrogens is 329 g/mol. The minimum atomic E-state index is -0.254. The van der Waals surface area contributed by atoms with Crippen LogP contribution in [0.1, 0.15) is 33.8 Å². The molecule has 1 amide bonds. The van der Waals surface area contributed by atoms with Gasteiger partial charge in [0.2, 0.25) is 0 Å². The number of nitrogens with one attached hydrogen (secondary N) is 1. The minimum Gasteiger partial charge on any atom is -0.345 e. The maximum Gasteiger partial charge on any atom is 0.262 e. The average molecular weight is 342 g/mol. The third-order valence-corrected chi connectivity index (χ3v) is 4.70. The first-order valence-corrected chi connectivity index (χ1v) is 7.46. The topological polar surface area (TPSA) is 29.1 Å². The number of benzene rings is 1. The van der Waals surface area contributed by atoms with Crippen LogP contribution < -0.4 is 5.32 Å². The Balaban J connectivity index is 2.13. The van der Waals surface area contributed by atoms with E-state index in [-0.39, 0.29) is 17.8 Å². The first-order chi connectivity index (χ1) is 8.99. The van der Waals surface area contributed by atoms with Crippen molar-refractivity contribution in [1.29, 1.82) is 0 Å². The first-order valence-electron chi connectivity index (χ1n) is 5.79. The Kier molecular flexibility index (Phi) is 4.37. The monoisotopic (exact) mass is 341 g/mol. The molecule has 1 atom stereocenters. The van der Waals surface area contributed by atoms with Gasteiger partial charge in [0.25, 0.3) is 5.91 Å². The van der Waals surface area contributed by atoms with Crippen LogP contribution in [-0.2, 0) is 0 Å². The molecule has 5 heteroatoms. The standard InChI is InChI=1S/C14H13BrFNOS/c1-8-3-4-10(7-12(8)16)9(2)17-14(18)13-11(15)5-6-19-13/h3-7,9H,1-2H3,(H,17,18). The second-order valence-electron chi connectivity index (χ2n) is 4.30. The van der Waals surface area contributed by atoms with Crippen molar-refractivity contribution in [1.82, 2.24) is 5.32 Å².